The highest BCUT2D eigenvalue weighted by Gasteiger charge is 2.18. The average molecular weight is 292 g/mol. The van der Waals surface area contributed by atoms with Gasteiger partial charge in [0.05, 0.1) is 18.2 Å². The second-order valence-electron chi connectivity index (χ2n) is 5.05. The van der Waals surface area contributed by atoms with E-state index in [4.69, 9.17) is 20.8 Å². The quantitative estimate of drug-likeness (QED) is 0.909. The molecule has 0 saturated carbocycles. The van der Waals surface area contributed by atoms with Crippen molar-refractivity contribution in [3.63, 3.8) is 0 Å². The molecule has 0 aliphatic carbocycles. The van der Waals surface area contributed by atoms with Crippen LogP contribution in [0.4, 0.5) is 0 Å². The lowest BCUT2D eigenvalue weighted by Gasteiger charge is -2.21. The molecule has 1 aliphatic heterocycles. The predicted molar refractivity (Wildman–Crippen MR) is 80.3 cm³/mol. The Hall–Kier alpha value is -1.45. The van der Waals surface area contributed by atoms with Crippen LogP contribution >= 0.6 is 11.6 Å². The molecule has 2 aromatic rings. The van der Waals surface area contributed by atoms with Crippen LogP contribution in [0.25, 0.3) is 11.3 Å². The van der Waals surface area contributed by atoms with Crippen molar-refractivity contribution in [2.24, 2.45) is 0 Å². The number of piperidine rings is 1. The lowest BCUT2D eigenvalue weighted by Crippen LogP contribution is -2.26. The summed E-state index contributed by atoms with van der Waals surface area (Å²) >= 11 is 6.16. The Kier molecular flexibility index (Phi) is 3.99. The largest absolute Gasteiger partial charge is 0.495 e. The van der Waals surface area contributed by atoms with E-state index in [1.807, 2.05) is 24.3 Å². The first-order chi connectivity index (χ1) is 9.78. The number of nitrogens with one attached hydrogen (secondary N) is 1. The number of rotatable bonds is 3. The van der Waals surface area contributed by atoms with E-state index in [0.717, 1.165) is 30.0 Å². The number of halogens is 1. The van der Waals surface area contributed by atoms with Crippen LogP contribution in [0.2, 0.25) is 5.02 Å². The van der Waals surface area contributed by atoms with Gasteiger partial charge in [-0.3, -0.25) is 0 Å². The van der Waals surface area contributed by atoms with Crippen LogP contribution in [-0.2, 0) is 0 Å². The molecule has 1 aromatic heterocycles. The third kappa shape index (κ3) is 2.69. The summed E-state index contributed by atoms with van der Waals surface area (Å²) in [7, 11) is 1.61. The van der Waals surface area contributed by atoms with Crippen LogP contribution in [0, 0.1) is 0 Å². The van der Waals surface area contributed by atoms with E-state index >= 15 is 0 Å². The third-order valence-corrected chi connectivity index (χ3v) is 4.01. The van der Waals surface area contributed by atoms with Gasteiger partial charge in [-0.15, -0.1) is 0 Å². The van der Waals surface area contributed by atoms with Gasteiger partial charge in [0.25, 0.3) is 0 Å². The second kappa shape index (κ2) is 5.90. The first-order valence-corrected chi connectivity index (χ1v) is 7.33. The molecule has 1 fully saturated rings. The van der Waals surface area contributed by atoms with Crippen LogP contribution in [-0.4, -0.2) is 13.7 Å². The van der Waals surface area contributed by atoms with Crippen LogP contribution in [0.15, 0.2) is 34.7 Å². The molecule has 106 valence electrons. The standard InChI is InChI=1S/C16H18ClNO2/c1-19-15-6-5-11(10-12(15)17)14-7-8-16(20-14)13-4-2-3-9-18-13/h5-8,10,13,18H,2-4,9H2,1H3/t13-/m0/s1. The maximum Gasteiger partial charge on any atom is 0.137 e. The normalized spacial score (nSPS) is 19.0. The van der Waals surface area contributed by atoms with Crippen molar-refractivity contribution in [2.75, 3.05) is 13.7 Å². The number of hydrogen-bond acceptors (Lipinski definition) is 3. The van der Waals surface area contributed by atoms with Gasteiger partial charge in [0.2, 0.25) is 0 Å². The maximum atomic E-state index is 6.16. The van der Waals surface area contributed by atoms with E-state index in [0.29, 0.717) is 16.8 Å². The van der Waals surface area contributed by atoms with E-state index in [1.165, 1.54) is 12.8 Å². The van der Waals surface area contributed by atoms with Crippen LogP contribution in [0.5, 0.6) is 5.75 Å². The lowest BCUT2D eigenvalue weighted by molar-refractivity contribution is 0.353. The summed E-state index contributed by atoms with van der Waals surface area (Å²) in [6, 6.07) is 10.1. The highest BCUT2D eigenvalue weighted by molar-refractivity contribution is 6.32. The molecule has 0 unspecified atom stereocenters. The molecule has 4 heteroatoms. The van der Waals surface area contributed by atoms with Crippen molar-refractivity contribution in [1.82, 2.24) is 5.32 Å². The minimum absolute atomic E-state index is 0.339. The van der Waals surface area contributed by atoms with Crippen molar-refractivity contribution in [3.8, 4) is 17.1 Å². The number of furan rings is 1. The van der Waals surface area contributed by atoms with Gasteiger partial charge < -0.3 is 14.5 Å². The molecule has 2 heterocycles. The summed E-state index contributed by atoms with van der Waals surface area (Å²) in [5.74, 6) is 2.53. The summed E-state index contributed by atoms with van der Waals surface area (Å²) in [5.41, 5.74) is 0.970. The summed E-state index contributed by atoms with van der Waals surface area (Å²) in [4.78, 5) is 0. The molecule has 1 aromatic carbocycles. The molecular formula is C16H18ClNO2. The fourth-order valence-electron chi connectivity index (χ4n) is 2.61. The lowest BCUT2D eigenvalue weighted by atomic mass is 10.0. The minimum Gasteiger partial charge on any atom is -0.495 e. The van der Waals surface area contributed by atoms with Gasteiger partial charge in [-0.1, -0.05) is 18.0 Å². The van der Waals surface area contributed by atoms with Gasteiger partial charge in [-0.25, -0.2) is 0 Å². The molecule has 0 amide bonds. The number of hydrogen-bond donors (Lipinski definition) is 1. The molecule has 0 radical (unpaired) electrons. The van der Waals surface area contributed by atoms with Gasteiger partial charge in [-0.2, -0.15) is 0 Å². The first-order valence-electron chi connectivity index (χ1n) is 6.95. The van der Waals surface area contributed by atoms with Crippen LogP contribution < -0.4 is 10.1 Å². The molecule has 20 heavy (non-hydrogen) atoms. The van der Waals surface area contributed by atoms with Crippen molar-refractivity contribution in [1.29, 1.82) is 0 Å². The summed E-state index contributed by atoms with van der Waals surface area (Å²) in [6.07, 6.45) is 3.64. The second-order valence-corrected chi connectivity index (χ2v) is 5.46. The van der Waals surface area contributed by atoms with Gasteiger partial charge in [-0.05, 0) is 49.7 Å². The smallest absolute Gasteiger partial charge is 0.137 e. The Bertz CT molecular complexity index is 588. The molecule has 0 bridgehead atoms. The van der Waals surface area contributed by atoms with Gasteiger partial charge in [0.1, 0.15) is 17.3 Å². The van der Waals surface area contributed by atoms with Gasteiger partial charge in [0, 0.05) is 5.56 Å². The SMILES string of the molecule is COc1ccc(-c2ccc([C@@H]3CCCCN3)o2)cc1Cl. The summed E-state index contributed by atoms with van der Waals surface area (Å²) in [6.45, 7) is 1.06. The molecule has 3 nitrogen and oxygen atoms in total. The zero-order chi connectivity index (χ0) is 13.9. The fourth-order valence-corrected chi connectivity index (χ4v) is 2.87. The summed E-state index contributed by atoms with van der Waals surface area (Å²) < 4.78 is 11.1. The zero-order valence-corrected chi connectivity index (χ0v) is 12.2. The van der Waals surface area contributed by atoms with E-state index in [9.17, 15) is 0 Å². The van der Waals surface area contributed by atoms with Crippen molar-refractivity contribution in [3.05, 3.63) is 41.1 Å². The average Bonchev–Trinajstić information content (AvgIpc) is 2.98. The number of ether oxygens (including phenoxy) is 1. The monoisotopic (exact) mass is 291 g/mol. The molecule has 1 atom stereocenters. The molecule has 1 aliphatic rings. The van der Waals surface area contributed by atoms with Gasteiger partial charge >= 0.3 is 0 Å². The molecule has 0 spiro atoms. The molecule has 3 rings (SSSR count). The Morgan fingerprint density at radius 1 is 1.25 bits per heavy atom. The van der Waals surface area contributed by atoms with Gasteiger partial charge in [0.15, 0.2) is 0 Å². The Balaban J connectivity index is 1.84. The summed E-state index contributed by atoms with van der Waals surface area (Å²) in [5, 5.41) is 4.09. The Morgan fingerprint density at radius 3 is 2.85 bits per heavy atom. The zero-order valence-electron chi connectivity index (χ0n) is 11.5. The minimum atomic E-state index is 0.339. The van der Waals surface area contributed by atoms with Crippen molar-refractivity contribution in [2.45, 2.75) is 25.3 Å². The maximum absolute atomic E-state index is 6.16. The Labute approximate surface area is 123 Å². The van der Waals surface area contributed by atoms with E-state index in [2.05, 4.69) is 11.4 Å². The molecular weight excluding hydrogens is 274 g/mol. The number of methoxy groups -OCH3 is 1. The molecule has 1 saturated heterocycles. The van der Waals surface area contributed by atoms with E-state index in [-0.39, 0.29) is 0 Å². The number of benzene rings is 1. The Morgan fingerprint density at radius 2 is 2.15 bits per heavy atom. The highest BCUT2D eigenvalue weighted by Crippen LogP contribution is 2.33. The van der Waals surface area contributed by atoms with Crippen molar-refractivity contribution < 1.29 is 9.15 Å². The third-order valence-electron chi connectivity index (χ3n) is 3.72. The van der Waals surface area contributed by atoms with Crippen LogP contribution in [0.3, 0.4) is 0 Å². The fraction of sp³-hybridized carbons (Fsp3) is 0.375. The first kappa shape index (κ1) is 13.5. The van der Waals surface area contributed by atoms with Crippen molar-refractivity contribution >= 4 is 11.6 Å². The topological polar surface area (TPSA) is 34.4 Å². The molecule has 1 N–H and O–H groups in total. The predicted octanol–water partition coefficient (Wildman–Crippen LogP) is 4.42. The van der Waals surface area contributed by atoms with E-state index < -0.39 is 0 Å². The highest BCUT2D eigenvalue weighted by atomic mass is 35.5. The van der Waals surface area contributed by atoms with Crippen LogP contribution in [0.1, 0.15) is 31.1 Å². The van der Waals surface area contributed by atoms with E-state index in [1.54, 1.807) is 7.11 Å².